The number of rotatable bonds is 4. The van der Waals surface area contributed by atoms with Gasteiger partial charge in [0, 0.05) is 18.0 Å². The van der Waals surface area contributed by atoms with Crippen LogP contribution in [0.5, 0.6) is 5.75 Å². The number of carbonyl (C=O) groups is 1. The Labute approximate surface area is 130 Å². The van der Waals surface area contributed by atoms with Crippen LogP contribution in [0.4, 0.5) is 0 Å². The van der Waals surface area contributed by atoms with E-state index in [9.17, 15) is 9.90 Å². The van der Waals surface area contributed by atoms with Gasteiger partial charge < -0.3 is 9.84 Å². The molecule has 1 heterocycles. The molecule has 3 rings (SSSR count). The van der Waals surface area contributed by atoms with E-state index in [2.05, 4.69) is 22.7 Å². The van der Waals surface area contributed by atoms with Crippen molar-refractivity contribution in [1.82, 2.24) is 10.9 Å². The summed E-state index contributed by atoms with van der Waals surface area (Å²) in [6.45, 7) is 1.81. The molecule has 0 bridgehead atoms. The minimum Gasteiger partial charge on any atom is -0.481 e. The highest BCUT2D eigenvalue weighted by Crippen LogP contribution is 2.31. The normalized spacial score (nSPS) is 27.0. The summed E-state index contributed by atoms with van der Waals surface area (Å²) >= 11 is 0. The Kier molecular flexibility index (Phi) is 4.32. The first-order valence-electron chi connectivity index (χ1n) is 7.63. The van der Waals surface area contributed by atoms with Gasteiger partial charge in [-0.2, -0.15) is 0 Å². The Morgan fingerprint density at radius 2 is 2.23 bits per heavy atom. The molecule has 22 heavy (non-hydrogen) atoms. The van der Waals surface area contributed by atoms with Crippen LogP contribution >= 0.6 is 0 Å². The Morgan fingerprint density at radius 1 is 1.41 bits per heavy atom. The molecule has 5 nitrogen and oxygen atoms in total. The van der Waals surface area contributed by atoms with Crippen LogP contribution in [0.1, 0.15) is 31.7 Å². The van der Waals surface area contributed by atoms with Crippen molar-refractivity contribution >= 4 is 5.97 Å². The van der Waals surface area contributed by atoms with E-state index in [0.29, 0.717) is 5.75 Å². The molecular weight excluding hydrogens is 280 g/mol. The predicted octanol–water partition coefficient (Wildman–Crippen LogP) is 1.74. The lowest BCUT2D eigenvalue weighted by Crippen LogP contribution is -2.39. The van der Waals surface area contributed by atoms with Crippen LogP contribution in [-0.2, 0) is 4.79 Å². The van der Waals surface area contributed by atoms with Gasteiger partial charge in [0.2, 0.25) is 0 Å². The highest BCUT2D eigenvalue weighted by Gasteiger charge is 2.40. The third-order valence-electron chi connectivity index (χ3n) is 4.02. The number of carboxylic acid groups (broad SMARTS) is 1. The molecule has 0 aromatic heterocycles. The van der Waals surface area contributed by atoms with Crippen molar-refractivity contribution in [1.29, 1.82) is 0 Å². The van der Waals surface area contributed by atoms with Gasteiger partial charge in [0.15, 0.2) is 6.23 Å². The quantitative estimate of drug-likeness (QED) is 0.739. The lowest BCUT2D eigenvalue weighted by Gasteiger charge is -2.18. The van der Waals surface area contributed by atoms with Crippen LogP contribution in [-0.4, -0.2) is 23.3 Å². The third kappa shape index (κ3) is 3.59. The molecule has 0 spiro atoms. The van der Waals surface area contributed by atoms with Gasteiger partial charge in [0.1, 0.15) is 11.7 Å². The van der Waals surface area contributed by atoms with Crippen LogP contribution in [0.2, 0.25) is 0 Å². The smallest absolute Gasteiger partial charge is 0.313 e. The Balaban J connectivity index is 1.66. The number of hydrogen-bond acceptors (Lipinski definition) is 4. The topological polar surface area (TPSA) is 70.6 Å². The molecule has 0 radical (unpaired) electrons. The van der Waals surface area contributed by atoms with Gasteiger partial charge in [0.05, 0.1) is 0 Å². The lowest BCUT2D eigenvalue weighted by molar-refractivity contribution is -0.144. The molecule has 1 aromatic carbocycles. The first-order valence-corrected chi connectivity index (χ1v) is 7.63. The van der Waals surface area contributed by atoms with E-state index in [1.54, 1.807) is 0 Å². The number of nitrogens with one attached hydrogen (secondary N) is 2. The second-order valence-electron chi connectivity index (χ2n) is 5.96. The Morgan fingerprint density at radius 3 is 2.95 bits per heavy atom. The Hall–Kier alpha value is -2.03. The van der Waals surface area contributed by atoms with Crippen LogP contribution in [0.3, 0.4) is 0 Å². The van der Waals surface area contributed by atoms with Crippen molar-refractivity contribution in [2.45, 2.75) is 38.5 Å². The minimum atomic E-state index is -0.879. The molecule has 2 fully saturated rings. The number of hydrogen-bond donors (Lipinski definition) is 3. The molecule has 1 saturated carbocycles. The van der Waals surface area contributed by atoms with Crippen molar-refractivity contribution in [3.8, 4) is 17.6 Å². The first kappa shape index (κ1) is 14.9. The summed E-state index contributed by atoms with van der Waals surface area (Å²) < 4.78 is 5.78. The van der Waals surface area contributed by atoms with Gasteiger partial charge in [-0.25, -0.2) is 5.43 Å². The zero-order chi connectivity index (χ0) is 15.5. The summed E-state index contributed by atoms with van der Waals surface area (Å²) in [7, 11) is 0. The largest absolute Gasteiger partial charge is 0.481 e. The van der Waals surface area contributed by atoms with Gasteiger partial charge >= 0.3 is 5.97 Å². The van der Waals surface area contributed by atoms with Gasteiger partial charge in [-0.15, -0.1) is 0 Å². The van der Waals surface area contributed by atoms with Gasteiger partial charge in [-0.3, -0.25) is 10.2 Å². The molecule has 3 N–H and O–H groups in total. The van der Waals surface area contributed by atoms with E-state index in [0.717, 1.165) is 17.9 Å². The first-order chi connectivity index (χ1) is 10.6. The van der Waals surface area contributed by atoms with Crippen LogP contribution < -0.4 is 15.6 Å². The van der Waals surface area contributed by atoms with E-state index in [-0.39, 0.29) is 6.04 Å². The molecule has 0 amide bonds. The second kappa shape index (κ2) is 6.39. The van der Waals surface area contributed by atoms with Crippen LogP contribution in [0.25, 0.3) is 0 Å². The van der Waals surface area contributed by atoms with E-state index in [1.807, 2.05) is 31.2 Å². The number of carboxylic acids is 1. The maximum absolute atomic E-state index is 11.3. The summed E-state index contributed by atoms with van der Waals surface area (Å²) in [6, 6.07) is 7.28. The average molecular weight is 300 g/mol. The van der Waals surface area contributed by atoms with Crippen molar-refractivity contribution < 1.29 is 14.6 Å². The maximum atomic E-state index is 11.3. The summed E-state index contributed by atoms with van der Waals surface area (Å²) in [5, 5.41) is 9.28. The average Bonchev–Trinajstić information content (AvgIpc) is 3.22. The van der Waals surface area contributed by atoms with E-state index >= 15 is 0 Å². The fourth-order valence-corrected chi connectivity index (χ4v) is 2.51. The Bertz CT molecular complexity index is 616. The molecule has 5 heteroatoms. The number of hydrazine groups is 1. The second-order valence-corrected chi connectivity index (χ2v) is 5.96. The van der Waals surface area contributed by atoms with Gasteiger partial charge in [-0.05, 0) is 43.9 Å². The maximum Gasteiger partial charge on any atom is 0.313 e. The zero-order valence-electron chi connectivity index (χ0n) is 12.5. The number of ether oxygens (including phenoxy) is 1. The molecule has 1 aliphatic heterocycles. The number of aliphatic carboxylic acids is 1. The molecule has 3 unspecified atom stereocenters. The number of benzene rings is 1. The minimum absolute atomic E-state index is 0.191. The summed E-state index contributed by atoms with van der Waals surface area (Å²) in [5.41, 5.74) is 6.68. The van der Waals surface area contributed by atoms with Crippen molar-refractivity contribution in [3.05, 3.63) is 29.8 Å². The molecule has 1 aromatic rings. The van der Waals surface area contributed by atoms with Crippen molar-refractivity contribution in [2.24, 2.45) is 11.8 Å². The van der Waals surface area contributed by atoms with E-state index in [4.69, 9.17) is 4.74 Å². The monoisotopic (exact) mass is 300 g/mol. The SMILES string of the molecule is CC1NNC(Oc2cccc(C#CCC3CC3)c2)C1C(=O)O. The molecule has 1 aliphatic carbocycles. The summed E-state index contributed by atoms with van der Waals surface area (Å²) in [5.74, 6) is 6.23. The van der Waals surface area contributed by atoms with Gasteiger partial charge in [0.25, 0.3) is 0 Å². The zero-order valence-corrected chi connectivity index (χ0v) is 12.5. The van der Waals surface area contributed by atoms with E-state index < -0.39 is 18.1 Å². The van der Waals surface area contributed by atoms with Crippen molar-refractivity contribution in [3.63, 3.8) is 0 Å². The van der Waals surface area contributed by atoms with E-state index in [1.165, 1.54) is 12.8 Å². The lowest BCUT2D eigenvalue weighted by atomic mass is 10.0. The molecule has 116 valence electrons. The fourth-order valence-electron chi connectivity index (χ4n) is 2.51. The molecule has 3 atom stereocenters. The highest BCUT2D eigenvalue weighted by atomic mass is 16.5. The summed E-state index contributed by atoms with van der Waals surface area (Å²) in [6.07, 6.45) is 2.96. The molecule has 2 aliphatic rings. The standard InChI is InChI=1S/C17H20N2O3/c1-11-15(17(20)21)16(19-18-11)22-14-7-3-6-13(10-14)5-2-4-12-8-9-12/h3,6-7,10-12,15-16,18-19H,4,8-9H2,1H3,(H,20,21). The summed E-state index contributed by atoms with van der Waals surface area (Å²) in [4.78, 5) is 11.3. The fraction of sp³-hybridized carbons (Fsp3) is 0.471. The third-order valence-corrected chi connectivity index (χ3v) is 4.02. The van der Waals surface area contributed by atoms with Crippen LogP contribution in [0, 0.1) is 23.7 Å². The highest BCUT2D eigenvalue weighted by molar-refractivity contribution is 5.72. The molecular formula is C17H20N2O3. The van der Waals surface area contributed by atoms with Crippen molar-refractivity contribution in [2.75, 3.05) is 0 Å². The predicted molar refractivity (Wildman–Crippen MR) is 81.9 cm³/mol. The molecule has 1 saturated heterocycles. The van der Waals surface area contributed by atoms with Crippen LogP contribution in [0.15, 0.2) is 24.3 Å². The van der Waals surface area contributed by atoms with Gasteiger partial charge in [-0.1, -0.05) is 17.9 Å².